The van der Waals surface area contributed by atoms with Gasteiger partial charge < -0.3 is 19.9 Å². The summed E-state index contributed by atoms with van der Waals surface area (Å²) in [6, 6.07) is 7.77. The molecule has 1 aromatic heterocycles. The van der Waals surface area contributed by atoms with Crippen LogP contribution in [-0.4, -0.2) is 56.9 Å². The molecule has 0 aliphatic heterocycles. The molecule has 0 fully saturated rings. The van der Waals surface area contributed by atoms with Gasteiger partial charge in [0.15, 0.2) is 0 Å². The molecule has 4 N–H and O–H groups in total. The second-order valence-electron chi connectivity index (χ2n) is 12.7. The smallest absolute Gasteiger partial charge is 0.428 e. The van der Waals surface area contributed by atoms with Crippen molar-refractivity contribution < 1.29 is 60.2 Å². The Morgan fingerprint density at radius 3 is 2.06 bits per heavy atom. The number of nitrogens with zero attached hydrogens (tertiary/aromatic N) is 2. The predicted molar refractivity (Wildman–Crippen MR) is 161 cm³/mol. The first kappa shape index (κ1) is 40.5. The van der Waals surface area contributed by atoms with Crippen LogP contribution in [0.3, 0.4) is 0 Å². The fraction of sp³-hybridized carbons (Fsp3) is 0.533. The van der Waals surface area contributed by atoms with Crippen molar-refractivity contribution in [3.8, 4) is 0 Å². The van der Waals surface area contributed by atoms with Crippen molar-refractivity contribution in [1.29, 1.82) is 0 Å². The molecular formula is C30H37F6N5O8. The zero-order valence-corrected chi connectivity index (χ0v) is 27.2. The van der Waals surface area contributed by atoms with Crippen molar-refractivity contribution in [3.63, 3.8) is 0 Å². The van der Waals surface area contributed by atoms with Gasteiger partial charge in [0.2, 0.25) is 5.69 Å². The van der Waals surface area contributed by atoms with Crippen molar-refractivity contribution >= 4 is 29.5 Å². The third kappa shape index (κ3) is 11.8. The highest BCUT2D eigenvalue weighted by Gasteiger charge is 2.62. The first-order valence-electron chi connectivity index (χ1n) is 14.7. The van der Waals surface area contributed by atoms with Gasteiger partial charge in [-0.3, -0.25) is 20.3 Å². The van der Waals surface area contributed by atoms with Gasteiger partial charge >= 0.3 is 30.1 Å². The van der Waals surface area contributed by atoms with Gasteiger partial charge in [0.25, 0.3) is 11.5 Å². The van der Waals surface area contributed by atoms with E-state index in [-0.39, 0.29) is 31.9 Å². The summed E-state index contributed by atoms with van der Waals surface area (Å²) in [5, 5.41) is 23.5. The lowest BCUT2D eigenvalue weighted by molar-refractivity contribution is -0.385. The minimum atomic E-state index is -5.28. The van der Waals surface area contributed by atoms with Crippen molar-refractivity contribution in [1.82, 2.24) is 15.8 Å². The number of halogens is 6. The number of aromatic nitrogens is 1. The summed E-state index contributed by atoms with van der Waals surface area (Å²) in [4.78, 5) is 50.2. The molecule has 1 atom stereocenters. The molecule has 1 aromatic carbocycles. The number of carboxylic acids is 1. The molecule has 49 heavy (non-hydrogen) atoms. The van der Waals surface area contributed by atoms with E-state index in [0.717, 1.165) is 0 Å². The van der Waals surface area contributed by atoms with Gasteiger partial charge in [-0.25, -0.2) is 20.0 Å². The first-order chi connectivity index (χ1) is 22.4. The SMILES string of the molecule is CC(C)(CCCC(OCc1ccccc1)(C(=O)O)C(F)(F)F)CCNc1nc(C(=O)NNC(=O)OC(C)(C)C)c([N+](=O)[O-])cc1C(F)(F)F. The fourth-order valence-electron chi connectivity index (χ4n) is 4.46. The predicted octanol–water partition coefficient (Wildman–Crippen LogP) is 6.78. The molecule has 0 saturated carbocycles. The highest BCUT2D eigenvalue weighted by Crippen LogP contribution is 2.41. The molecule has 2 aromatic rings. The second-order valence-corrected chi connectivity index (χ2v) is 12.7. The van der Waals surface area contributed by atoms with E-state index in [1.165, 1.54) is 32.9 Å². The summed E-state index contributed by atoms with van der Waals surface area (Å²) in [5.41, 5.74) is -5.45. The highest BCUT2D eigenvalue weighted by molar-refractivity contribution is 5.97. The van der Waals surface area contributed by atoms with Crippen molar-refractivity contribution in [2.75, 3.05) is 11.9 Å². The molecule has 0 spiro atoms. The van der Waals surface area contributed by atoms with E-state index in [9.17, 15) is 55.9 Å². The second kappa shape index (κ2) is 15.7. The number of hydrogen-bond acceptors (Lipinski definition) is 9. The normalized spacial score (nSPS) is 13.6. The number of alkyl halides is 6. The van der Waals surface area contributed by atoms with Crippen LogP contribution in [0, 0.1) is 15.5 Å². The van der Waals surface area contributed by atoms with Gasteiger partial charge in [-0.05, 0) is 57.4 Å². The van der Waals surface area contributed by atoms with Crippen LogP contribution in [0.5, 0.6) is 0 Å². The number of aliphatic carboxylic acids is 1. The van der Waals surface area contributed by atoms with Gasteiger partial charge in [-0.2, -0.15) is 26.3 Å². The summed E-state index contributed by atoms with van der Waals surface area (Å²) in [5.74, 6) is -4.62. The Balaban J connectivity index is 2.20. The van der Waals surface area contributed by atoms with E-state index in [2.05, 4.69) is 10.3 Å². The maximum Gasteiger partial charge on any atom is 0.428 e. The average molecular weight is 710 g/mol. The molecule has 272 valence electrons. The molecule has 0 bridgehead atoms. The zero-order chi connectivity index (χ0) is 37.4. The minimum absolute atomic E-state index is 0.00164. The van der Waals surface area contributed by atoms with Crippen LogP contribution in [0.15, 0.2) is 36.4 Å². The Kier molecular flexibility index (Phi) is 13.0. The van der Waals surface area contributed by atoms with Gasteiger partial charge in [-0.15, -0.1) is 0 Å². The van der Waals surface area contributed by atoms with Crippen LogP contribution in [0.1, 0.15) is 81.9 Å². The van der Waals surface area contributed by atoms with Crippen molar-refractivity contribution in [2.24, 2.45) is 5.41 Å². The van der Waals surface area contributed by atoms with E-state index in [1.54, 1.807) is 37.5 Å². The maximum absolute atomic E-state index is 14.1. The lowest BCUT2D eigenvalue weighted by Crippen LogP contribution is -2.54. The fourth-order valence-corrected chi connectivity index (χ4v) is 4.46. The molecular weight excluding hydrogens is 672 g/mol. The number of carboxylic acid groups (broad SMARTS) is 1. The highest BCUT2D eigenvalue weighted by atomic mass is 19.4. The van der Waals surface area contributed by atoms with Gasteiger partial charge in [0.05, 0.1) is 11.5 Å². The third-order valence-corrected chi connectivity index (χ3v) is 7.00. The molecule has 19 heteroatoms. The summed E-state index contributed by atoms with van der Waals surface area (Å²) in [7, 11) is 0. The number of hydrazine groups is 1. The number of rotatable bonds is 14. The number of nitro groups is 1. The van der Waals surface area contributed by atoms with Crippen molar-refractivity contribution in [2.45, 2.75) is 90.5 Å². The number of benzene rings is 1. The largest absolute Gasteiger partial charge is 0.479 e. The van der Waals surface area contributed by atoms with Crippen molar-refractivity contribution in [3.05, 3.63) is 63.3 Å². The molecule has 13 nitrogen and oxygen atoms in total. The molecule has 0 saturated heterocycles. The molecule has 1 unspecified atom stereocenters. The lowest BCUT2D eigenvalue weighted by Gasteiger charge is -2.33. The van der Waals surface area contributed by atoms with Gasteiger partial charge in [0.1, 0.15) is 17.0 Å². The average Bonchev–Trinajstić information content (AvgIpc) is 2.95. The number of carbonyl (C=O) groups excluding carboxylic acids is 2. The number of hydrogen-bond donors (Lipinski definition) is 4. The first-order valence-corrected chi connectivity index (χ1v) is 14.7. The molecule has 1 heterocycles. The zero-order valence-electron chi connectivity index (χ0n) is 27.2. The van der Waals surface area contributed by atoms with Gasteiger partial charge in [-0.1, -0.05) is 44.2 Å². The van der Waals surface area contributed by atoms with Crippen LogP contribution in [0.4, 0.5) is 42.6 Å². The number of pyridine rings is 1. The van der Waals surface area contributed by atoms with E-state index < -0.39 is 87.7 Å². The number of nitrogens with one attached hydrogen (secondary N) is 3. The topological polar surface area (TPSA) is 182 Å². The Labute approximate surface area is 276 Å². The Morgan fingerprint density at radius 2 is 1.55 bits per heavy atom. The number of ether oxygens (including phenoxy) is 2. The summed E-state index contributed by atoms with van der Waals surface area (Å²) in [6.45, 7) is 6.76. The standard InChI is InChI=1S/C30H37F6N5O8/c1-26(2,3)49-25(45)40-39-23(42)21-20(41(46)47)16-19(29(31,32)33)22(38-21)37-15-14-27(4,5)12-9-13-28(24(43)44,30(34,35)36)48-17-18-10-7-6-8-11-18/h6-8,10-11,16H,9,12-15,17H2,1-5H3,(H,37,38)(H,39,42)(H,40,45)(H,43,44). The van der Waals surface area contributed by atoms with Crippen LogP contribution < -0.4 is 16.2 Å². The van der Waals surface area contributed by atoms with E-state index in [1.807, 2.05) is 5.43 Å². The van der Waals surface area contributed by atoms with Crippen LogP contribution in [-0.2, 0) is 27.1 Å². The summed E-state index contributed by atoms with van der Waals surface area (Å²) >= 11 is 0. The Morgan fingerprint density at radius 1 is 0.939 bits per heavy atom. The third-order valence-electron chi connectivity index (χ3n) is 7.00. The van der Waals surface area contributed by atoms with E-state index in [0.29, 0.717) is 5.56 Å². The quantitative estimate of drug-likeness (QED) is 0.0927. The number of anilines is 1. The Bertz CT molecular complexity index is 1500. The Hall–Kier alpha value is -4.68. The molecule has 0 aliphatic rings. The monoisotopic (exact) mass is 709 g/mol. The summed E-state index contributed by atoms with van der Waals surface area (Å²) in [6.07, 6.45) is -12.9. The maximum atomic E-state index is 14.1. The number of carbonyl (C=O) groups is 3. The molecule has 0 aliphatic carbocycles. The molecule has 2 rings (SSSR count). The van der Waals surface area contributed by atoms with Crippen LogP contribution in [0.2, 0.25) is 0 Å². The molecule has 2 amide bonds. The van der Waals surface area contributed by atoms with E-state index in [4.69, 9.17) is 9.47 Å². The number of amides is 2. The minimum Gasteiger partial charge on any atom is -0.479 e. The molecule has 0 radical (unpaired) electrons. The lowest BCUT2D eigenvalue weighted by atomic mass is 9.82. The van der Waals surface area contributed by atoms with Crippen LogP contribution >= 0.6 is 0 Å². The van der Waals surface area contributed by atoms with Gasteiger partial charge in [0, 0.05) is 12.6 Å². The van der Waals surface area contributed by atoms with E-state index >= 15 is 0 Å². The van der Waals surface area contributed by atoms with Crippen LogP contribution in [0.25, 0.3) is 0 Å². The summed E-state index contributed by atoms with van der Waals surface area (Å²) < 4.78 is 93.8.